The van der Waals surface area contributed by atoms with Crippen LogP contribution in [0.25, 0.3) is 0 Å². The number of para-hydroxylation sites is 1. The Hall–Kier alpha value is -1.43. The van der Waals surface area contributed by atoms with Gasteiger partial charge in [0.2, 0.25) is 5.91 Å². The minimum Gasteiger partial charge on any atom is -0.379 e. The third kappa shape index (κ3) is 4.20. The van der Waals surface area contributed by atoms with Crippen LogP contribution in [0.5, 0.6) is 0 Å². The highest BCUT2D eigenvalue weighted by molar-refractivity contribution is 5.97. The average molecular weight is 372 g/mol. The summed E-state index contributed by atoms with van der Waals surface area (Å²) in [5.74, 6) is 0.679. The number of hydrogen-bond donors (Lipinski definition) is 0. The summed E-state index contributed by atoms with van der Waals surface area (Å²) in [6, 6.07) is 9.08. The van der Waals surface area contributed by atoms with Gasteiger partial charge in [-0.1, -0.05) is 31.5 Å². The van der Waals surface area contributed by atoms with Crippen molar-refractivity contribution in [3.05, 3.63) is 29.8 Å². The largest absolute Gasteiger partial charge is 0.379 e. The third-order valence-corrected chi connectivity index (χ3v) is 6.51. The molecule has 1 aromatic rings. The molecule has 148 valence electrons. The first-order chi connectivity index (χ1) is 13.3. The third-order valence-electron chi connectivity index (χ3n) is 6.51. The fourth-order valence-electron chi connectivity index (χ4n) is 4.97. The molecule has 1 aromatic carbocycles. The molecule has 0 radical (unpaired) electrons. The number of piperidine rings is 1. The number of nitrogens with zero attached hydrogens (tertiary/aromatic N) is 3. The molecular formula is C22H33N3O2. The Morgan fingerprint density at radius 3 is 2.78 bits per heavy atom. The lowest BCUT2D eigenvalue weighted by Crippen LogP contribution is -2.47. The van der Waals surface area contributed by atoms with E-state index in [2.05, 4.69) is 45.9 Å². The van der Waals surface area contributed by atoms with Gasteiger partial charge in [0.05, 0.1) is 19.8 Å². The van der Waals surface area contributed by atoms with Crippen molar-refractivity contribution in [2.75, 3.05) is 57.4 Å². The predicted molar refractivity (Wildman–Crippen MR) is 108 cm³/mol. The maximum atomic E-state index is 13.2. The van der Waals surface area contributed by atoms with Crippen molar-refractivity contribution in [2.45, 2.75) is 44.6 Å². The summed E-state index contributed by atoms with van der Waals surface area (Å²) in [5, 5.41) is 0. The number of ether oxygens (including phenoxy) is 1. The van der Waals surface area contributed by atoms with E-state index in [4.69, 9.17) is 4.74 Å². The first-order valence-electron chi connectivity index (χ1n) is 10.7. The van der Waals surface area contributed by atoms with Crippen LogP contribution in [-0.2, 0) is 9.53 Å². The van der Waals surface area contributed by atoms with E-state index in [0.717, 1.165) is 58.0 Å². The SMILES string of the molecule is CC[C@H]1CCCCN1CC(=O)N1C[C@@H](CN2CCOCC2)c2ccccc21. The van der Waals surface area contributed by atoms with E-state index in [1.807, 2.05) is 0 Å². The first-order valence-corrected chi connectivity index (χ1v) is 10.7. The van der Waals surface area contributed by atoms with E-state index in [9.17, 15) is 4.79 Å². The van der Waals surface area contributed by atoms with E-state index in [-0.39, 0.29) is 5.91 Å². The van der Waals surface area contributed by atoms with E-state index in [1.54, 1.807) is 0 Å². The highest BCUT2D eigenvalue weighted by Crippen LogP contribution is 2.37. The van der Waals surface area contributed by atoms with Gasteiger partial charge in [-0.3, -0.25) is 14.6 Å². The molecule has 0 N–H and O–H groups in total. The van der Waals surface area contributed by atoms with Gasteiger partial charge in [-0.25, -0.2) is 0 Å². The molecule has 2 saturated heterocycles. The van der Waals surface area contributed by atoms with Crippen LogP contribution in [0.4, 0.5) is 5.69 Å². The Kier molecular flexibility index (Phi) is 6.11. The van der Waals surface area contributed by atoms with Gasteiger partial charge < -0.3 is 9.64 Å². The molecule has 3 aliphatic rings. The molecule has 0 saturated carbocycles. The molecule has 1 amide bonds. The number of hydrogen-bond acceptors (Lipinski definition) is 4. The molecule has 0 aliphatic carbocycles. The van der Waals surface area contributed by atoms with Gasteiger partial charge in [-0.05, 0) is 37.4 Å². The van der Waals surface area contributed by atoms with E-state index in [1.165, 1.54) is 24.8 Å². The number of likely N-dealkylation sites (tertiary alicyclic amines) is 1. The molecule has 3 heterocycles. The molecule has 2 atom stereocenters. The maximum absolute atomic E-state index is 13.2. The second-order valence-corrected chi connectivity index (χ2v) is 8.20. The van der Waals surface area contributed by atoms with Crippen molar-refractivity contribution in [3.63, 3.8) is 0 Å². The van der Waals surface area contributed by atoms with Crippen molar-refractivity contribution in [1.82, 2.24) is 9.80 Å². The number of anilines is 1. The second kappa shape index (κ2) is 8.72. The molecule has 5 nitrogen and oxygen atoms in total. The fourth-order valence-corrected chi connectivity index (χ4v) is 4.97. The van der Waals surface area contributed by atoms with Crippen LogP contribution in [0.3, 0.4) is 0 Å². The lowest BCUT2D eigenvalue weighted by molar-refractivity contribution is -0.120. The summed E-state index contributed by atoms with van der Waals surface area (Å²) in [4.78, 5) is 20.2. The highest BCUT2D eigenvalue weighted by Gasteiger charge is 2.34. The lowest BCUT2D eigenvalue weighted by atomic mass is 10.00. The second-order valence-electron chi connectivity index (χ2n) is 8.20. The van der Waals surface area contributed by atoms with Crippen LogP contribution in [0, 0.1) is 0 Å². The highest BCUT2D eigenvalue weighted by atomic mass is 16.5. The van der Waals surface area contributed by atoms with Gasteiger partial charge >= 0.3 is 0 Å². The molecule has 4 rings (SSSR count). The average Bonchev–Trinajstić information content (AvgIpc) is 3.08. The Morgan fingerprint density at radius 1 is 1.15 bits per heavy atom. The number of morpholine rings is 1. The molecule has 5 heteroatoms. The molecule has 0 spiro atoms. The number of fused-ring (bicyclic) bond motifs is 1. The van der Waals surface area contributed by atoms with Crippen molar-refractivity contribution in [3.8, 4) is 0 Å². The van der Waals surface area contributed by atoms with Crippen LogP contribution in [-0.4, -0.2) is 74.2 Å². The fraction of sp³-hybridized carbons (Fsp3) is 0.682. The van der Waals surface area contributed by atoms with Gasteiger partial charge in [-0.15, -0.1) is 0 Å². The molecule has 0 aromatic heterocycles. The number of rotatable bonds is 5. The Balaban J connectivity index is 1.45. The van der Waals surface area contributed by atoms with Gasteiger partial charge in [0.1, 0.15) is 0 Å². The minimum absolute atomic E-state index is 0.271. The summed E-state index contributed by atoms with van der Waals surface area (Å²) >= 11 is 0. The molecule has 0 unspecified atom stereocenters. The summed E-state index contributed by atoms with van der Waals surface area (Å²) in [7, 11) is 0. The topological polar surface area (TPSA) is 36.0 Å². The minimum atomic E-state index is 0.271. The Morgan fingerprint density at radius 2 is 1.96 bits per heavy atom. The molecular weight excluding hydrogens is 338 g/mol. The number of carbonyl (C=O) groups is 1. The van der Waals surface area contributed by atoms with Crippen LogP contribution in [0.15, 0.2) is 24.3 Å². The van der Waals surface area contributed by atoms with Gasteiger partial charge in [0.25, 0.3) is 0 Å². The Labute approximate surface area is 163 Å². The Bertz CT molecular complexity index is 644. The van der Waals surface area contributed by atoms with Crippen molar-refractivity contribution in [1.29, 1.82) is 0 Å². The zero-order chi connectivity index (χ0) is 18.6. The van der Waals surface area contributed by atoms with E-state index >= 15 is 0 Å². The van der Waals surface area contributed by atoms with Gasteiger partial charge in [0.15, 0.2) is 0 Å². The monoisotopic (exact) mass is 371 g/mol. The van der Waals surface area contributed by atoms with Crippen molar-refractivity contribution < 1.29 is 9.53 Å². The zero-order valence-corrected chi connectivity index (χ0v) is 16.6. The smallest absolute Gasteiger partial charge is 0.241 e. The normalized spacial score (nSPS) is 26.9. The summed E-state index contributed by atoms with van der Waals surface area (Å²) in [5.41, 5.74) is 2.47. The van der Waals surface area contributed by atoms with Crippen LogP contribution in [0.2, 0.25) is 0 Å². The van der Waals surface area contributed by atoms with Crippen LogP contribution in [0.1, 0.15) is 44.1 Å². The molecule has 27 heavy (non-hydrogen) atoms. The van der Waals surface area contributed by atoms with Crippen LogP contribution >= 0.6 is 0 Å². The van der Waals surface area contributed by atoms with Gasteiger partial charge in [-0.2, -0.15) is 0 Å². The van der Waals surface area contributed by atoms with Gasteiger partial charge in [0, 0.05) is 43.8 Å². The van der Waals surface area contributed by atoms with Crippen molar-refractivity contribution >= 4 is 11.6 Å². The predicted octanol–water partition coefficient (Wildman–Crippen LogP) is 2.71. The summed E-state index contributed by atoms with van der Waals surface area (Å²) in [6.45, 7) is 9.36. The van der Waals surface area contributed by atoms with Crippen molar-refractivity contribution in [2.24, 2.45) is 0 Å². The quantitative estimate of drug-likeness (QED) is 0.797. The number of amides is 1. The zero-order valence-electron chi connectivity index (χ0n) is 16.6. The maximum Gasteiger partial charge on any atom is 0.241 e. The standard InChI is InChI=1S/C22H33N3O2/c1-2-19-7-5-6-10-24(19)17-22(26)25-16-18(15-23-11-13-27-14-12-23)20-8-3-4-9-21(20)25/h3-4,8-9,18-19H,2,5-7,10-17H2,1H3/t18-,19+/m1/s1. The van der Waals surface area contributed by atoms with Crippen LogP contribution < -0.4 is 4.90 Å². The molecule has 2 fully saturated rings. The number of carbonyl (C=O) groups excluding carboxylic acids is 1. The number of benzene rings is 1. The molecule has 3 aliphatic heterocycles. The van der Waals surface area contributed by atoms with E-state index in [0.29, 0.717) is 18.5 Å². The summed E-state index contributed by atoms with van der Waals surface area (Å²) < 4.78 is 5.49. The molecule has 0 bridgehead atoms. The van der Waals surface area contributed by atoms with E-state index < -0.39 is 0 Å². The lowest BCUT2D eigenvalue weighted by Gasteiger charge is -2.35. The first kappa shape index (κ1) is 18.9. The summed E-state index contributed by atoms with van der Waals surface area (Å²) in [6.07, 6.45) is 4.90.